The van der Waals surface area contributed by atoms with Crippen LogP contribution < -0.4 is 8.38 Å². The number of rotatable bonds is 0. The standard InChI is InChI=1S/H2O4Se.6H2O/c1-5(2,3)4;;;;;;/h(H2,1,2,3,4);6*1H2/p-2. The molecule has 0 aliphatic rings. The molecule has 80 valence electrons. The second kappa shape index (κ2) is 22.6. The first-order chi connectivity index (χ1) is 2.00. The molecule has 12 N–H and O–H groups in total. The predicted octanol–water partition coefficient (Wildman–Crippen LogP) is -7.94. The third-order valence-electron chi connectivity index (χ3n) is 0. The molecule has 0 aromatic rings. The van der Waals surface area contributed by atoms with Crippen molar-refractivity contribution in [2.75, 3.05) is 0 Å². The van der Waals surface area contributed by atoms with E-state index in [9.17, 15) is 0 Å². The SMILES string of the molecule is O.O.O.O.O.O.O=[Se](=O)([O-])[O-]. The van der Waals surface area contributed by atoms with Gasteiger partial charge in [0, 0.05) is 0 Å². The van der Waals surface area contributed by atoms with Crippen LogP contribution in [-0.4, -0.2) is 46.2 Å². The van der Waals surface area contributed by atoms with Crippen LogP contribution in [0.25, 0.3) is 0 Å². The Bertz CT molecular complexity index is 88.0. The zero-order valence-electron chi connectivity index (χ0n) is 5.04. The fourth-order valence-corrected chi connectivity index (χ4v) is 0. The molecule has 0 saturated carbocycles. The summed E-state index contributed by atoms with van der Waals surface area (Å²) in [5.41, 5.74) is 0. The molecule has 0 aliphatic carbocycles. The Kier molecular flexibility index (Phi) is 147. The summed E-state index contributed by atoms with van der Waals surface area (Å²) in [6, 6.07) is 0. The Labute approximate surface area is 63.2 Å². The molecular weight excluding hydrogens is 239 g/mol. The first kappa shape index (κ1) is 71.8. The van der Waals surface area contributed by atoms with Crippen molar-refractivity contribution in [1.29, 1.82) is 0 Å². The summed E-state index contributed by atoms with van der Waals surface area (Å²) in [5, 5.41) is 0. The van der Waals surface area contributed by atoms with Crippen molar-refractivity contribution in [3.8, 4) is 0 Å². The molecule has 0 bridgehead atoms. The minimum atomic E-state index is -5.75. The van der Waals surface area contributed by atoms with Gasteiger partial charge in [-0.2, -0.15) is 0 Å². The molecular formula is H12O10Se-2. The fraction of sp³-hybridized carbons (Fsp3) is 0. The van der Waals surface area contributed by atoms with Crippen molar-refractivity contribution in [2.24, 2.45) is 0 Å². The van der Waals surface area contributed by atoms with Crippen LogP contribution in [0.4, 0.5) is 0 Å². The fourth-order valence-electron chi connectivity index (χ4n) is 0. The molecule has 0 atom stereocenters. The van der Waals surface area contributed by atoms with Crippen molar-refractivity contribution >= 4 is 13.4 Å². The first-order valence-corrected chi connectivity index (χ1v) is 3.46. The van der Waals surface area contributed by atoms with Crippen molar-refractivity contribution in [3.05, 3.63) is 0 Å². The third-order valence-corrected chi connectivity index (χ3v) is 0. The van der Waals surface area contributed by atoms with Gasteiger partial charge in [-0.1, -0.05) is 0 Å². The molecule has 0 unspecified atom stereocenters. The average molecular weight is 251 g/mol. The van der Waals surface area contributed by atoms with Gasteiger partial charge in [-0.25, -0.2) is 0 Å². The van der Waals surface area contributed by atoms with Crippen molar-refractivity contribution in [3.63, 3.8) is 0 Å². The van der Waals surface area contributed by atoms with Crippen LogP contribution >= 0.6 is 0 Å². The number of hydrogen-bond donors (Lipinski definition) is 0. The molecule has 11 heavy (non-hydrogen) atoms. The number of hydrogen-bond acceptors (Lipinski definition) is 4. The average Bonchev–Trinajstić information content (AvgIpc) is 0.722. The van der Waals surface area contributed by atoms with Crippen molar-refractivity contribution in [1.82, 2.24) is 0 Å². The molecule has 11 heteroatoms. The second-order valence-electron chi connectivity index (χ2n) is 0.408. The van der Waals surface area contributed by atoms with E-state index in [0.29, 0.717) is 0 Å². The van der Waals surface area contributed by atoms with Crippen LogP contribution in [0.3, 0.4) is 0 Å². The summed E-state index contributed by atoms with van der Waals surface area (Å²) in [5.74, 6) is 0. The Morgan fingerprint density at radius 3 is 0.636 bits per heavy atom. The molecule has 0 aromatic heterocycles. The van der Waals surface area contributed by atoms with Gasteiger partial charge in [0.2, 0.25) is 0 Å². The van der Waals surface area contributed by atoms with E-state index >= 15 is 0 Å². The van der Waals surface area contributed by atoms with Crippen LogP contribution in [0, 0.1) is 0 Å². The van der Waals surface area contributed by atoms with Gasteiger partial charge >= 0.3 is 29.4 Å². The van der Waals surface area contributed by atoms with E-state index in [-0.39, 0.29) is 32.9 Å². The second-order valence-corrected chi connectivity index (χ2v) is 2.12. The summed E-state index contributed by atoms with van der Waals surface area (Å²) in [6.07, 6.45) is 0. The molecule has 10 nitrogen and oxygen atoms in total. The molecule has 0 aliphatic heterocycles. The Balaban J connectivity index is -0.00000000533. The summed E-state index contributed by atoms with van der Waals surface area (Å²) >= 11 is -5.75. The van der Waals surface area contributed by atoms with Gasteiger partial charge in [0.1, 0.15) is 0 Å². The van der Waals surface area contributed by atoms with Crippen molar-refractivity contribution in [2.45, 2.75) is 0 Å². The molecule has 0 aromatic carbocycles. The van der Waals surface area contributed by atoms with Crippen LogP contribution in [0.5, 0.6) is 0 Å². The van der Waals surface area contributed by atoms with E-state index in [2.05, 4.69) is 0 Å². The Morgan fingerprint density at radius 2 is 0.636 bits per heavy atom. The van der Waals surface area contributed by atoms with Gasteiger partial charge in [0.05, 0.1) is 0 Å². The Morgan fingerprint density at radius 1 is 0.636 bits per heavy atom. The molecule has 0 heterocycles. The summed E-state index contributed by atoms with van der Waals surface area (Å²) < 4.78 is 34.4. The van der Waals surface area contributed by atoms with Crippen LogP contribution in [0.15, 0.2) is 0 Å². The molecule has 0 rings (SSSR count). The molecule has 0 radical (unpaired) electrons. The van der Waals surface area contributed by atoms with Gasteiger partial charge in [-0.15, -0.1) is 0 Å². The minimum absolute atomic E-state index is 0. The van der Waals surface area contributed by atoms with Crippen LogP contribution in [0.1, 0.15) is 0 Å². The molecule has 0 amide bonds. The van der Waals surface area contributed by atoms with E-state index in [1.165, 1.54) is 0 Å². The van der Waals surface area contributed by atoms with Gasteiger partial charge in [-0.05, 0) is 0 Å². The zero-order valence-corrected chi connectivity index (χ0v) is 6.75. The summed E-state index contributed by atoms with van der Waals surface area (Å²) in [7, 11) is 0. The van der Waals surface area contributed by atoms with E-state index in [4.69, 9.17) is 16.0 Å². The van der Waals surface area contributed by atoms with Crippen LogP contribution in [-0.2, 0) is 7.67 Å². The van der Waals surface area contributed by atoms with Crippen LogP contribution in [0.2, 0.25) is 0 Å². The van der Waals surface area contributed by atoms with Crippen molar-refractivity contribution < 1.29 is 48.9 Å². The van der Waals surface area contributed by atoms with E-state index in [1.807, 2.05) is 0 Å². The quantitative estimate of drug-likeness (QED) is 0.378. The monoisotopic (exact) mass is 252 g/mol. The Hall–Kier alpha value is -0.201. The first-order valence-electron chi connectivity index (χ1n) is 0.667. The molecule has 0 saturated heterocycles. The summed E-state index contributed by atoms with van der Waals surface area (Å²) in [6.45, 7) is 0. The summed E-state index contributed by atoms with van der Waals surface area (Å²) in [4.78, 5) is 0. The van der Waals surface area contributed by atoms with Gasteiger partial charge in [-0.3, -0.25) is 0 Å². The molecule has 0 fully saturated rings. The maximum atomic E-state index is 8.59. The maximum absolute atomic E-state index is 8.59. The van der Waals surface area contributed by atoms with E-state index < -0.39 is 13.4 Å². The van der Waals surface area contributed by atoms with Gasteiger partial charge in [0.25, 0.3) is 0 Å². The van der Waals surface area contributed by atoms with E-state index in [0.717, 1.165) is 0 Å². The zero-order chi connectivity index (χ0) is 4.50. The third kappa shape index (κ3) is 14800. The predicted molar refractivity (Wildman–Crippen MR) is 28.8 cm³/mol. The molecule has 0 spiro atoms. The topological polar surface area (TPSA) is 269 Å². The van der Waals surface area contributed by atoms with E-state index in [1.54, 1.807) is 0 Å². The normalized spacial score (nSPS) is 5.27. The van der Waals surface area contributed by atoms with Gasteiger partial charge < -0.3 is 32.9 Å². The van der Waals surface area contributed by atoms with Gasteiger partial charge in [0.15, 0.2) is 0 Å².